The van der Waals surface area contributed by atoms with Crippen molar-refractivity contribution in [3.8, 4) is 11.1 Å². The van der Waals surface area contributed by atoms with Crippen molar-refractivity contribution in [1.82, 2.24) is 0 Å². The van der Waals surface area contributed by atoms with Crippen molar-refractivity contribution in [2.75, 3.05) is 4.90 Å². The molecule has 0 fully saturated rings. The number of rotatable bonds is 4. The van der Waals surface area contributed by atoms with E-state index < -0.39 is 0 Å². The van der Waals surface area contributed by atoms with Crippen molar-refractivity contribution in [1.29, 1.82) is 0 Å². The summed E-state index contributed by atoms with van der Waals surface area (Å²) in [7, 11) is 0. The first-order valence-electron chi connectivity index (χ1n) is 16.4. The maximum absolute atomic E-state index is 2.54. The molecule has 9 aromatic carbocycles. The zero-order chi connectivity index (χ0) is 31.6. The third-order valence-electron chi connectivity index (χ3n) is 9.81. The third kappa shape index (κ3) is 4.10. The number of anilines is 3. The molecule has 0 spiro atoms. The molecule has 224 valence electrons. The van der Waals surface area contributed by atoms with E-state index in [2.05, 4.69) is 181 Å². The van der Waals surface area contributed by atoms with Gasteiger partial charge in [-0.05, 0) is 62.1 Å². The number of nitrogens with zero attached hydrogens (tertiary/aromatic N) is 1. The van der Waals surface area contributed by atoms with E-state index in [4.69, 9.17) is 0 Å². The third-order valence-corrected chi connectivity index (χ3v) is 11.0. The lowest BCUT2D eigenvalue weighted by molar-refractivity contribution is 1.32. The SMILES string of the molecule is c1ccc(-c2ccccc2N(c2cccc3ccc4c5ccccc5sc4c23)c2cccc3ccc4ccc5ccccc5c4c23)cc1. The van der Waals surface area contributed by atoms with E-state index in [0.29, 0.717) is 0 Å². The van der Waals surface area contributed by atoms with Crippen molar-refractivity contribution < 1.29 is 0 Å². The van der Waals surface area contributed by atoms with Gasteiger partial charge in [0.1, 0.15) is 0 Å². The Morgan fingerprint density at radius 3 is 1.73 bits per heavy atom. The van der Waals surface area contributed by atoms with Crippen LogP contribution in [0.5, 0.6) is 0 Å². The minimum absolute atomic E-state index is 1.15. The van der Waals surface area contributed by atoms with Crippen LogP contribution in [0.2, 0.25) is 0 Å². The standard InChI is InChI=1S/C46H29NS/c1-2-12-30(13-3-1)35-17-6-8-20-39(35)47(41-22-11-16-33-28-29-38-37-19-7-9-23-42(37)48-46(38)45(33)41)40-21-10-15-32-26-27-34-25-24-31-14-4-5-18-36(31)43(34)44(32)40/h1-29H. The quantitative estimate of drug-likeness (QED) is 0.176. The van der Waals surface area contributed by atoms with Gasteiger partial charge in [-0.3, -0.25) is 0 Å². The van der Waals surface area contributed by atoms with Crippen LogP contribution in [0.15, 0.2) is 176 Å². The van der Waals surface area contributed by atoms with Gasteiger partial charge in [0.2, 0.25) is 0 Å². The molecule has 0 radical (unpaired) electrons. The lowest BCUT2D eigenvalue weighted by Crippen LogP contribution is -2.12. The highest BCUT2D eigenvalue weighted by molar-refractivity contribution is 7.26. The van der Waals surface area contributed by atoms with Gasteiger partial charge in [-0.2, -0.15) is 0 Å². The number of para-hydroxylation sites is 1. The zero-order valence-electron chi connectivity index (χ0n) is 26.1. The van der Waals surface area contributed by atoms with Crippen LogP contribution in [0.3, 0.4) is 0 Å². The molecule has 0 aliphatic carbocycles. The highest BCUT2D eigenvalue weighted by Gasteiger charge is 2.23. The van der Waals surface area contributed by atoms with Gasteiger partial charge < -0.3 is 4.90 Å². The van der Waals surface area contributed by atoms with Gasteiger partial charge in [0.15, 0.2) is 0 Å². The van der Waals surface area contributed by atoms with Gasteiger partial charge in [0, 0.05) is 36.5 Å². The van der Waals surface area contributed by atoms with E-state index in [-0.39, 0.29) is 0 Å². The summed E-state index contributed by atoms with van der Waals surface area (Å²) in [5, 5.41) is 12.7. The van der Waals surface area contributed by atoms with Crippen molar-refractivity contribution >= 4 is 91.7 Å². The van der Waals surface area contributed by atoms with Gasteiger partial charge in [-0.25, -0.2) is 0 Å². The predicted molar refractivity (Wildman–Crippen MR) is 209 cm³/mol. The van der Waals surface area contributed by atoms with Crippen LogP contribution < -0.4 is 4.90 Å². The number of hydrogen-bond acceptors (Lipinski definition) is 2. The molecule has 0 amide bonds. The molecule has 1 heterocycles. The summed E-state index contributed by atoms with van der Waals surface area (Å²) >= 11 is 1.90. The fraction of sp³-hybridized carbons (Fsp3) is 0. The van der Waals surface area contributed by atoms with Crippen LogP contribution >= 0.6 is 11.3 Å². The Morgan fingerprint density at radius 2 is 0.896 bits per heavy atom. The molecule has 10 rings (SSSR count). The predicted octanol–water partition coefficient (Wildman–Crippen LogP) is 13.8. The Labute approximate surface area is 282 Å². The van der Waals surface area contributed by atoms with Gasteiger partial charge in [0.05, 0.1) is 17.1 Å². The molecule has 10 aromatic rings. The van der Waals surface area contributed by atoms with Crippen molar-refractivity contribution in [3.63, 3.8) is 0 Å². The van der Waals surface area contributed by atoms with E-state index in [1.54, 1.807) is 0 Å². The fourth-order valence-electron chi connectivity index (χ4n) is 7.68. The summed E-state index contributed by atoms with van der Waals surface area (Å²) in [5.74, 6) is 0. The van der Waals surface area contributed by atoms with E-state index in [1.165, 1.54) is 85.8 Å². The number of hydrogen-bond donors (Lipinski definition) is 0. The van der Waals surface area contributed by atoms with Crippen molar-refractivity contribution in [2.45, 2.75) is 0 Å². The summed E-state index contributed by atoms with van der Waals surface area (Å²) in [6, 6.07) is 64.5. The second kappa shape index (κ2) is 10.8. The Morgan fingerprint density at radius 1 is 0.333 bits per heavy atom. The highest BCUT2D eigenvalue weighted by Crippen LogP contribution is 2.50. The molecule has 0 aliphatic rings. The van der Waals surface area contributed by atoms with E-state index in [1.807, 2.05) is 11.3 Å². The van der Waals surface area contributed by atoms with Crippen LogP contribution in [0.4, 0.5) is 17.1 Å². The second-order valence-corrected chi connectivity index (χ2v) is 13.5. The molecular weight excluding hydrogens is 599 g/mol. The fourth-order valence-corrected chi connectivity index (χ4v) is 8.95. The maximum Gasteiger partial charge on any atom is 0.0555 e. The molecule has 0 saturated carbocycles. The second-order valence-electron chi connectivity index (χ2n) is 12.5. The molecule has 0 unspecified atom stereocenters. The normalized spacial score (nSPS) is 11.8. The van der Waals surface area contributed by atoms with Gasteiger partial charge >= 0.3 is 0 Å². The molecule has 0 saturated heterocycles. The van der Waals surface area contributed by atoms with E-state index >= 15 is 0 Å². The summed E-state index contributed by atoms with van der Waals surface area (Å²) in [4.78, 5) is 2.54. The average molecular weight is 628 g/mol. The molecular formula is C46H29NS. The molecule has 1 aromatic heterocycles. The lowest BCUT2D eigenvalue weighted by atomic mass is 9.94. The van der Waals surface area contributed by atoms with Crippen LogP contribution in [0, 0.1) is 0 Å². The molecule has 0 bridgehead atoms. The molecule has 0 atom stereocenters. The molecule has 2 heteroatoms. The molecule has 1 nitrogen and oxygen atoms in total. The number of fused-ring (bicyclic) bond motifs is 10. The number of thiophene rings is 1. The molecule has 48 heavy (non-hydrogen) atoms. The molecule has 0 N–H and O–H groups in total. The largest absolute Gasteiger partial charge is 0.309 e. The van der Waals surface area contributed by atoms with Crippen molar-refractivity contribution in [3.05, 3.63) is 176 Å². The minimum Gasteiger partial charge on any atom is -0.309 e. The summed E-state index contributed by atoms with van der Waals surface area (Å²) in [6.07, 6.45) is 0. The van der Waals surface area contributed by atoms with Crippen LogP contribution in [-0.2, 0) is 0 Å². The highest BCUT2D eigenvalue weighted by atomic mass is 32.1. The van der Waals surface area contributed by atoms with Gasteiger partial charge in [0.25, 0.3) is 0 Å². The minimum atomic E-state index is 1.15. The first kappa shape index (κ1) is 27.2. The Kier molecular flexibility index (Phi) is 6.12. The topological polar surface area (TPSA) is 3.24 Å². The lowest BCUT2D eigenvalue weighted by Gasteiger charge is -2.30. The molecule has 0 aliphatic heterocycles. The Balaban J connectivity index is 1.40. The van der Waals surface area contributed by atoms with Crippen LogP contribution in [-0.4, -0.2) is 0 Å². The van der Waals surface area contributed by atoms with E-state index in [9.17, 15) is 0 Å². The zero-order valence-corrected chi connectivity index (χ0v) is 26.9. The maximum atomic E-state index is 2.54. The van der Waals surface area contributed by atoms with Crippen LogP contribution in [0.1, 0.15) is 0 Å². The summed E-state index contributed by atoms with van der Waals surface area (Å²) in [6.45, 7) is 0. The summed E-state index contributed by atoms with van der Waals surface area (Å²) in [5.41, 5.74) is 5.89. The summed E-state index contributed by atoms with van der Waals surface area (Å²) < 4.78 is 2.63. The Bertz CT molecular complexity index is 2840. The first-order chi connectivity index (χ1) is 23.8. The van der Waals surface area contributed by atoms with Crippen molar-refractivity contribution in [2.24, 2.45) is 0 Å². The average Bonchev–Trinajstić information content (AvgIpc) is 3.54. The van der Waals surface area contributed by atoms with Crippen LogP contribution in [0.25, 0.3) is 74.4 Å². The monoisotopic (exact) mass is 627 g/mol. The van der Waals surface area contributed by atoms with E-state index in [0.717, 1.165) is 5.69 Å². The Hall–Kier alpha value is -5.96. The first-order valence-corrected chi connectivity index (χ1v) is 17.3. The van der Waals surface area contributed by atoms with Gasteiger partial charge in [-0.15, -0.1) is 11.3 Å². The van der Waals surface area contributed by atoms with Gasteiger partial charge in [-0.1, -0.05) is 152 Å². The number of benzene rings is 9. The smallest absolute Gasteiger partial charge is 0.0555 e.